The normalized spacial score (nSPS) is 12.4. The lowest BCUT2D eigenvalue weighted by Crippen LogP contribution is -2.20. The van der Waals surface area contributed by atoms with Crippen LogP contribution in [0.5, 0.6) is 0 Å². The van der Waals surface area contributed by atoms with E-state index >= 15 is 0 Å². The van der Waals surface area contributed by atoms with Gasteiger partial charge in [0, 0.05) is 16.1 Å². The zero-order chi connectivity index (χ0) is 12.4. The van der Waals surface area contributed by atoms with Crippen molar-refractivity contribution in [3.63, 3.8) is 0 Å². The first-order valence-corrected chi connectivity index (χ1v) is 6.30. The van der Waals surface area contributed by atoms with E-state index in [0.717, 1.165) is 15.4 Å². The van der Waals surface area contributed by atoms with Gasteiger partial charge in [-0.2, -0.15) is 0 Å². The van der Waals surface area contributed by atoms with E-state index in [9.17, 15) is 4.79 Å². The van der Waals surface area contributed by atoms with E-state index in [2.05, 4.69) is 26.2 Å². The maximum absolute atomic E-state index is 11.5. The highest BCUT2D eigenvalue weighted by Crippen LogP contribution is 2.24. The molecule has 0 aliphatic rings. The Morgan fingerprint density at radius 3 is 3.00 bits per heavy atom. The molecule has 2 rings (SSSR count). The minimum atomic E-state index is -0.569. The molecule has 5 heteroatoms. The van der Waals surface area contributed by atoms with Crippen LogP contribution in [0.4, 0.5) is 5.69 Å². The molecule has 0 spiro atoms. The average molecular weight is 314 g/mol. The summed E-state index contributed by atoms with van der Waals surface area (Å²) in [6.07, 6.45) is 1.70. The van der Waals surface area contributed by atoms with E-state index in [1.54, 1.807) is 19.2 Å². The number of anilines is 1. The molecule has 1 unspecified atom stereocenters. The number of halogens is 2. The number of benzene rings is 1. The van der Waals surface area contributed by atoms with Crippen molar-refractivity contribution < 1.29 is 4.79 Å². The molecule has 3 nitrogen and oxygen atoms in total. The predicted octanol–water partition coefficient (Wildman–Crippen LogP) is 3.56. The predicted molar refractivity (Wildman–Crippen MR) is 73.4 cm³/mol. The molecule has 1 atom stereocenters. The number of nitrogens with one attached hydrogen (secondary N) is 1. The minimum Gasteiger partial charge on any atom is -0.323 e. The summed E-state index contributed by atoms with van der Waals surface area (Å²) in [5.41, 5.74) is 1.42. The van der Waals surface area contributed by atoms with Crippen LogP contribution in [0.1, 0.15) is 6.92 Å². The lowest BCUT2D eigenvalue weighted by Gasteiger charge is -2.09. The quantitative estimate of drug-likeness (QED) is 0.861. The van der Waals surface area contributed by atoms with Crippen LogP contribution in [0.15, 0.2) is 34.9 Å². The molecule has 1 amide bonds. The number of hydrogen-bond donors (Lipinski definition) is 1. The topological polar surface area (TPSA) is 42.0 Å². The van der Waals surface area contributed by atoms with E-state index in [4.69, 9.17) is 11.6 Å². The van der Waals surface area contributed by atoms with Crippen LogP contribution in [0, 0.1) is 0 Å². The number of fused-ring (bicyclic) bond motifs is 1. The zero-order valence-corrected chi connectivity index (χ0v) is 11.4. The molecular weight excluding hydrogens is 304 g/mol. The van der Waals surface area contributed by atoms with Gasteiger partial charge in [-0.3, -0.25) is 9.78 Å². The van der Waals surface area contributed by atoms with Gasteiger partial charge < -0.3 is 5.32 Å². The first-order valence-electron chi connectivity index (χ1n) is 5.07. The molecule has 0 bridgehead atoms. The Morgan fingerprint density at radius 2 is 2.29 bits per heavy atom. The lowest BCUT2D eigenvalue weighted by atomic mass is 10.2. The summed E-state index contributed by atoms with van der Waals surface area (Å²) in [5.74, 6) is -0.233. The van der Waals surface area contributed by atoms with Crippen LogP contribution < -0.4 is 5.32 Å². The Kier molecular flexibility index (Phi) is 3.64. The Labute approximate surface area is 112 Å². The molecular formula is C12H10BrClN2O. The van der Waals surface area contributed by atoms with Gasteiger partial charge in [-0.25, -0.2) is 0 Å². The maximum Gasteiger partial charge on any atom is 0.242 e. The third kappa shape index (κ3) is 2.76. The first kappa shape index (κ1) is 12.3. The van der Waals surface area contributed by atoms with Gasteiger partial charge in [0.25, 0.3) is 0 Å². The number of carbonyl (C=O) groups excluding carboxylic acids is 1. The molecule has 1 aromatic heterocycles. The summed E-state index contributed by atoms with van der Waals surface area (Å²) < 4.78 is 0.902. The molecule has 0 fully saturated rings. The van der Waals surface area contributed by atoms with Gasteiger partial charge in [-0.05, 0) is 35.0 Å². The van der Waals surface area contributed by atoms with Crippen molar-refractivity contribution in [1.29, 1.82) is 0 Å². The van der Waals surface area contributed by atoms with Crippen LogP contribution in [0.25, 0.3) is 10.9 Å². The first-order chi connectivity index (χ1) is 8.08. The summed E-state index contributed by atoms with van der Waals surface area (Å²) in [6, 6.07) is 7.56. The number of amides is 1. The molecule has 0 aliphatic heterocycles. The van der Waals surface area contributed by atoms with E-state index in [1.807, 2.05) is 18.2 Å². The number of carbonyl (C=O) groups is 1. The Morgan fingerprint density at radius 1 is 1.53 bits per heavy atom. The Bertz CT molecular complexity index is 571. The monoisotopic (exact) mass is 312 g/mol. The third-order valence-electron chi connectivity index (χ3n) is 2.30. The Balaban J connectivity index is 2.44. The van der Waals surface area contributed by atoms with Crippen molar-refractivity contribution in [3.8, 4) is 0 Å². The van der Waals surface area contributed by atoms with Crippen LogP contribution in [-0.2, 0) is 4.79 Å². The fraction of sp³-hybridized carbons (Fsp3) is 0.167. The molecule has 17 heavy (non-hydrogen) atoms. The summed E-state index contributed by atoms with van der Waals surface area (Å²) in [4.78, 5) is 15.8. The fourth-order valence-electron chi connectivity index (χ4n) is 1.47. The second-order valence-electron chi connectivity index (χ2n) is 3.64. The van der Waals surface area contributed by atoms with Crippen LogP contribution >= 0.6 is 27.5 Å². The minimum absolute atomic E-state index is 0.233. The van der Waals surface area contributed by atoms with Gasteiger partial charge in [0.2, 0.25) is 5.91 Å². The molecule has 1 heterocycles. The number of alkyl halides is 1. The highest BCUT2D eigenvalue weighted by molar-refractivity contribution is 9.10. The fourth-order valence-corrected chi connectivity index (χ4v) is 1.87. The summed E-state index contributed by atoms with van der Waals surface area (Å²) in [6.45, 7) is 1.63. The third-order valence-corrected chi connectivity index (χ3v) is 2.93. The number of hydrogen-bond acceptors (Lipinski definition) is 2. The van der Waals surface area contributed by atoms with Crippen LogP contribution in [-0.4, -0.2) is 16.3 Å². The number of aromatic nitrogens is 1. The smallest absolute Gasteiger partial charge is 0.242 e. The van der Waals surface area contributed by atoms with Gasteiger partial charge in [0.05, 0.1) is 11.2 Å². The standard InChI is InChI=1S/C12H10BrClN2O/c1-7(14)12(17)16-10-4-2-3-8-5-9(13)6-15-11(8)10/h2-7H,1H3,(H,16,17). The molecule has 0 saturated carbocycles. The van der Waals surface area contributed by atoms with Crippen LogP contribution in [0.3, 0.4) is 0 Å². The van der Waals surface area contributed by atoms with E-state index in [-0.39, 0.29) is 5.91 Å². The van der Waals surface area contributed by atoms with Crippen molar-refractivity contribution in [2.75, 3.05) is 5.32 Å². The second-order valence-corrected chi connectivity index (χ2v) is 5.21. The summed E-state index contributed by atoms with van der Waals surface area (Å²) >= 11 is 9.07. The van der Waals surface area contributed by atoms with Crippen molar-refractivity contribution in [2.24, 2.45) is 0 Å². The van der Waals surface area contributed by atoms with Gasteiger partial charge in [0.15, 0.2) is 0 Å². The van der Waals surface area contributed by atoms with Gasteiger partial charge in [-0.15, -0.1) is 11.6 Å². The summed E-state index contributed by atoms with van der Waals surface area (Å²) in [7, 11) is 0. The molecule has 1 N–H and O–H groups in total. The van der Waals surface area contributed by atoms with Crippen molar-refractivity contribution >= 4 is 50.0 Å². The molecule has 1 aromatic carbocycles. The van der Waals surface area contributed by atoms with Gasteiger partial charge >= 0.3 is 0 Å². The number of para-hydroxylation sites is 1. The Hall–Kier alpha value is -1.13. The number of rotatable bonds is 2. The average Bonchev–Trinajstić information content (AvgIpc) is 2.28. The van der Waals surface area contributed by atoms with E-state index in [0.29, 0.717) is 5.69 Å². The van der Waals surface area contributed by atoms with E-state index < -0.39 is 5.38 Å². The van der Waals surface area contributed by atoms with Crippen LogP contribution in [0.2, 0.25) is 0 Å². The molecule has 0 aliphatic carbocycles. The highest BCUT2D eigenvalue weighted by Gasteiger charge is 2.11. The van der Waals surface area contributed by atoms with Gasteiger partial charge in [0.1, 0.15) is 5.38 Å². The lowest BCUT2D eigenvalue weighted by molar-refractivity contribution is -0.115. The maximum atomic E-state index is 11.5. The molecule has 88 valence electrons. The molecule has 0 saturated heterocycles. The number of nitrogens with zero attached hydrogens (tertiary/aromatic N) is 1. The number of pyridine rings is 1. The molecule has 0 radical (unpaired) electrons. The highest BCUT2D eigenvalue weighted by atomic mass is 79.9. The van der Waals surface area contributed by atoms with Crippen molar-refractivity contribution in [1.82, 2.24) is 4.98 Å². The van der Waals surface area contributed by atoms with Crippen molar-refractivity contribution in [2.45, 2.75) is 12.3 Å². The molecule has 2 aromatic rings. The second kappa shape index (κ2) is 5.02. The SMILES string of the molecule is CC(Cl)C(=O)Nc1cccc2cc(Br)cnc12. The van der Waals surface area contributed by atoms with Crippen molar-refractivity contribution in [3.05, 3.63) is 34.9 Å². The van der Waals surface area contributed by atoms with E-state index in [1.165, 1.54) is 0 Å². The summed E-state index contributed by atoms with van der Waals surface area (Å²) in [5, 5.41) is 3.14. The zero-order valence-electron chi connectivity index (χ0n) is 9.08. The van der Waals surface area contributed by atoms with Gasteiger partial charge in [-0.1, -0.05) is 12.1 Å². The largest absolute Gasteiger partial charge is 0.323 e.